The average Bonchev–Trinajstić information content (AvgIpc) is 3.29. The van der Waals surface area contributed by atoms with Crippen LogP contribution >= 0.6 is 27.3 Å². The summed E-state index contributed by atoms with van der Waals surface area (Å²) >= 11 is 5.18. The second-order valence-electron chi connectivity index (χ2n) is 8.55. The van der Waals surface area contributed by atoms with E-state index in [1.165, 1.54) is 11.3 Å². The van der Waals surface area contributed by atoms with E-state index in [9.17, 15) is 14.7 Å². The zero-order chi connectivity index (χ0) is 24.3. The van der Waals surface area contributed by atoms with Gasteiger partial charge in [0.05, 0.1) is 27.1 Å². The number of carbonyl (C=O) groups is 2. The number of thiazole rings is 1. The summed E-state index contributed by atoms with van der Waals surface area (Å²) in [6, 6.07) is 3.49. The molecule has 182 valence electrons. The third-order valence-electron chi connectivity index (χ3n) is 6.62. The Balaban J connectivity index is 1.91. The van der Waals surface area contributed by atoms with Crippen LogP contribution in [0, 0.1) is 11.3 Å². The number of piperidine rings is 1. The fourth-order valence-corrected chi connectivity index (χ4v) is 6.56. The van der Waals surface area contributed by atoms with Crippen molar-refractivity contribution in [3.8, 4) is 0 Å². The molecule has 11 heteroatoms. The first-order chi connectivity index (χ1) is 16.4. The summed E-state index contributed by atoms with van der Waals surface area (Å²) < 4.78 is 1.89. The number of nitrogens with one attached hydrogen (secondary N) is 3. The van der Waals surface area contributed by atoms with Gasteiger partial charge in [0.15, 0.2) is 0 Å². The zero-order valence-corrected chi connectivity index (χ0v) is 21.6. The summed E-state index contributed by atoms with van der Waals surface area (Å²) in [5.74, 6) is -2.78. The molecule has 3 unspecified atom stereocenters. The highest BCUT2D eigenvalue weighted by Crippen LogP contribution is 2.48. The molecule has 3 heterocycles. The Hall–Kier alpha value is -2.50. The number of allylic oxidation sites excluding steroid dienone is 1. The molecule has 34 heavy (non-hydrogen) atoms. The van der Waals surface area contributed by atoms with Crippen molar-refractivity contribution in [3.05, 3.63) is 34.4 Å². The first-order valence-electron chi connectivity index (χ1n) is 11.4. The van der Waals surface area contributed by atoms with Crippen molar-refractivity contribution in [1.29, 1.82) is 0 Å². The number of amides is 2. The number of anilines is 1. The van der Waals surface area contributed by atoms with Gasteiger partial charge in [0.2, 0.25) is 5.79 Å². The molecule has 4 rings (SSSR count). The number of carbonyl (C=O) groups excluding carboxylic acids is 1. The van der Waals surface area contributed by atoms with Crippen LogP contribution in [-0.4, -0.2) is 53.7 Å². The Bertz CT molecular complexity index is 1130. The number of carboxylic acid groups (broad SMARTS) is 1. The molecular weight excluding hydrogens is 520 g/mol. The van der Waals surface area contributed by atoms with E-state index < -0.39 is 29.1 Å². The lowest BCUT2D eigenvalue weighted by molar-refractivity contribution is -0.158. The SMILES string of the molecule is CCCC1(C(=O)O)CCNCC1C1(NC(=O)NCC)N=CC=CN1c1cc(Br)c2scnc2c1. The van der Waals surface area contributed by atoms with E-state index in [-0.39, 0.29) is 0 Å². The highest BCUT2D eigenvalue weighted by atomic mass is 79.9. The Morgan fingerprint density at radius 2 is 2.21 bits per heavy atom. The third kappa shape index (κ3) is 4.20. The summed E-state index contributed by atoms with van der Waals surface area (Å²) in [6.07, 6.45) is 6.89. The number of aliphatic carboxylic acids is 1. The second kappa shape index (κ2) is 10.0. The van der Waals surface area contributed by atoms with Crippen LogP contribution in [0.1, 0.15) is 33.1 Å². The Morgan fingerprint density at radius 3 is 2.94 bits per heavy atom. The summed E-state index contributed by atoms with van der Waals surface area (Å²) in [4.78, 5) is 37.0. The third-order valence-corrected chi connectivity index (χ3v) is 8.38. The molecule has 1 saturated heterocycles. The van der Waals surface area contributed by atoms with Gasteiger partial charge in [0.1, 0.15) is 0 Å². The molecule has 3 atom stereocenters. The Morgan fingerprint density at radius 1 is 1.38 bits per heavy atom. The van der Waals surface area contributed by atoms with E-state index in [0.29, 0.717) is 38.9 Å². The molecule has 2 amide bonds. The number of rotatable bonds is 7. The second-order valence-corrected chi connectivity index (χ2v) is 10.3. The van der Waals surface area contributed by atoms with Crippen molar-refractivity contribution in [2.75, 3.05) is 24.5 Å². The van der Waals surface area contributed by atoms with E-state index >= 15 is 0 Å². The minimum Gasteiger partial charge on any atom is -0.481 e. The van der Waals surface area contributed by atoms with Crippen molar-refractivity contribution >= 4 is 61.4 Å². The van der Waals surface area contributed by atoms with Crippen LogP contribution in [-0.2, 0) is 4.79 Å². The van der Waals surface area contributed by atoms with Crippen molar-refractivity contribution in [3.63, 3.8) is 0 Å². The molecule has 4 N–H and O–H groups in total. The van der Waals surface area contributed by atoms with Crippen molar-refractivity contribution in [2.24, 2.45) is 16.3 Å². The van der Waals surface area contributed by atoms with E-state index in [0.717, 1.165) is 20.4 Å². The quantitative estimate of drug-likeness (QED) is 0.416. The lowest BCUT2D eigenvalue weighted by atomic mass is 9.64. The van der Waals surface area contributed by atoms with E-state index in [2.05, 4.69) is 36.9 Å². The highest BCUT2D eigenvalue weighted by molar-refractivity contribution is 9.10. The fraction of sp³-hybridized carbons (Fsp3) is 0.478. The number of nitrogens with zero attached hydrogens (tertiary/aromatic N) is 3. The maximum absolute atomic E-state index is 13.0. The molecule has 9 nitrogen and oxygen atoms in total. The van der Waals surface area contributed by atoms with Crippen molar-refractivity contribution < 1.29 is 14.7 Å². The van der Waals surface area contributed by atoms with E-state index in [1.54, 1.807) is 17.8 Å². The van der Waals surface area contributed by atoms with Gasteiger partial charge >= 0.3 is 12.0 Å². The van der Waals surface area contributed by atoms with Gasteiger partial charge in [-0.15, -0.1) is 11.3 Å². The van der Waals surface area contributed by atoms with Gasteiger partial charge in [0.25, 0.3) is 0 Å². The molecule has 2 aliphatic heterocycles. The number of carboxylic acids is 1. The van der Waals surface area contributed by atoms with Crippen LogP contribution in [0.3, 0.4) is 0 Å². The van der Waals surface area contributed by atoms with Gasteiger partial charge in [-0.05, 0) is 60.4 Å². The number of aliphatic imine (C=N–C) groups is 1. The minimum absolute atomic E-state index is 0.389. The topological polar surface area (TPSA) is 119 Å². The lowest BCUT2D eigenvalue weighted by Gasteiger charge is -2.54. The Labute approximate surface area is 210 Å². The predicted octanol–water partition coefficient (Wildman–Crippen LogP) is 3.92. The average molecular weight is 549 g/mol. The van der Waals surface area contributed by atoms with Crippen LogP contribution in [0.5, 0.6) is 0 Å². The van der Waals surface area contributed by atoms with Crippen LogP contribution in [0.25, 0.3) is 10.2 Å². The highest BCUT2D eigenvalue weighted by Gasteiger charge is 2.59. The molecule has 0 aliphatic carbocycles. The van der Waals surface area contributed by atoms with Gasteiger partial charge in [-0.3, -0.25) is 10.1 Å². The Kier molecular flexibility index (Phi) is 7.25. The molecule has 0 bridgehead atoms. The first kappa shape index (κ1) is 24.6. The van der Waals surface area contributed by atoms with Crippen molar-refractivity contribution in [2.45, 2.75) is 38.9 Å². The maximum atomic E-state index is 13.0. The number of hydrogen-bond donors (Lipinski definition) is 4. The zero-order valence-electron chi connectivity index (χ0n) is 19.2. The minimum atomic E-state index is -1.36. The van der Waals surface area contributed by atoms with Crippen LogP contribution in [0.4, 0.5) is 10.5 Å². The van der Waals surface area contributed by atoms with E-state index in [4.69, 9.17) is 4.99 Å². The molecule has 1 aromatic heterocycles. The smallest absolute Gasteiger partial charge is 0.318 e. The number of aromatic nitrogens is 1. The number of halogens is 1. The number of urea groups is 1. The molecule has 0 spiro atoms. The van der Waals surface area contributed by atoms with Gasteiger partial charge in [-0.25, -0.2) is 14.8 Å². The molecule has 0 saturated carbocycles. The molecule has 2 aliphatic rings. The molecule has 1 fully saturated rings. The number of hydrogen-bond acceptors (Lipinski definition) is 7. The van der Waals surface area contributed by atoms with E-state index in [1.807, 2.05) is 37.1 Å². The summed E-state index contributed by atoms with van der Waals surface area (Å²) in [5, 5.41) is 19.7. The summed E-state index contributed by atoms with van der Waals surface area (Å²) in [6.45, 7) is 5.24. The monoisotopic (exact) mass is 548 g/mol. The van der Waals surface area contributed by atoms with Gasteiger partial charge < -0.3 is 20.6 Å². The van der Waals surface area contributed by atoms with Gasteiger partial charge in [-0.1, -0.05) is 13.3 Å². The van der Waals surface area contributed by atoms with Crippen LogP contribution in [0.15, 0.2) is 39.4 Å². The standard InChI is InChI=1S/C23H29BrN6O3S/c1-3-6-22(20(31)32)7-9-25-13-18(22)23(29-21(33)26-4-2)28-8-5-10-30(23)15-11-16(24)19-17(12-15)27-14-34-19/h5,8,10-12,14,18,25H,3-4,6-7,9,13H2,1-2H3,(H,31,32)(H2,26,29,33). The van der Waals surface area contributed by atoms with Gasteiger partial charge in [0, 0.05) is 35.7 Å². The van der Waals surface area contributed by atoms with Crippen LogP contribution < -0.4 is 20.9 Å². The molecule has 1 aromatic carbocycles. The fourth-order valence-electron chi connectivity index (χ4n) is 5.17. The van der Waals surface area contributed by atoms with Crippen molar-refractivity contribution in [1.82, 2.24) is 20.9 Å². The normalized spacial score (nSPS) is 26.6. The molecule has 0 radical (unpaired) electrons. The lowest BCUT2D eigenvalue weighted by Crippen LogP contribution is -2.71. The summed E-state index contributed by atoms with van der Waals surface area (Å²) in [7, 11) is 0. The molecular formula is C23H29BrN6O3S. The summed E-state index contributed by atoms with van der Waals surface area (Å²) in [5.41, 5.74) is 2.27. The van der Waals surface area contributed by atoms with Crippen LogP contribution in [0.2, 0.25) is 0 Å². The largest absolute Gasteiger partial charge is 0.481 e. The predicted molar refractivity (Wildman–Crippen MR) is 138 cm³/mol. The number of benzene rings is 1. The maximum Gasteiger partial charge on any atom is 0.318 e. The van der Waals surface area contributed by atoms with Gasteiger partial charge in [-0.2, -0.15) is 0 Å². The molecule has 2 aromatic rings. The number of fused-ring (bicyclic) bond motifs is 1. The first-order valence-corrected chi connectivity index (χ1v) is 13.1.